The Labute approximate surface area is 123 Å². The van der Waals surface area contributed by atoms with Gasteiger partial charge in [-0.05, 0) is 43.4 Å². The lowest BCUT2D eigenvalue weighted by atomic mass is 9.82. The van der Waals surface area contributed by atoms with Gasteiger partial charge in [0.15, 0.2) is 0 Å². The van der Waals surface area contributed by atoms with Crippen molar-refractivity contribution in [2.24, 2.45) is 11.1 Å². The summed E-state index contributed by atoms with van der Waals surface area (Å²) in [6.07, 6.45) is 1.88. The number of hydrogen-bond acceptors (Lipinski definition) is 3. The summed E-state index contributed by atoms with van der Waals surface area (Å²) in [6.45, 7) is 3.79. The molecular weight excluding hydrogens is 300 g/mol. The number of benzene rings is 1. The Hall–Kier alpha value is -1.11. The van der Waals surface area contributed by atoms with E-state index in [0.717, 1.165) is 12.8 Å². The lowest BCUT2D eigenvalue weighted by Crippen LogP contribution is -2.43. The van der Waals surface area contributed by atoms with Crippen molar-refractivity contribution in [1.82, 2.24) is 5.32 Å². The fourth-order valence-electron chi connectivity index (χ4n) is 2.34. The van der Waals surface area contributed by atoms with Crippen LogP contribution in [0.15, 0.2) is 17.0 Å². The monoisotopic (exact) mass is 316 g/mol. The van der Waals surface area contributed by atoms with Crippen LogP contribution in [0.25, 0.3) is 0 Å². The van der Waals surface area contributed by atoms with Gasteiger partial charge in [0.05, 0.1) is 4.90 Å². The van der Waals surface area contributed by atoms with Gasteiger partial charge in [-0.3, -0.25) is 4.79 Å². The molecule has 0 bridgehead atoms. The van der Waals surface area contributed by atoms with E-state index >= 15 is 0 Å². The van der Waals surface area contributed by atoms with Crippen LogP contribution < -0.4 is 10.5 Å². The van der Waals surface area contributed by atoms with Crippen LogP contribution in [0.1, 0.15) is 35.7 Å². The zero-order chi connectivity index (χ0) is 15.1. The van der Waals surface area contributed by atoms with Gasteiger partial charge in [0.1, 0.15) is 0 Å². The molecule has 0 atom stereocenters. The highest BCUT2D eigenvalue weighted by Crippen LogP contribution is 2.28. The Kier molecular flexibility index (Phi) is 4.09. The summed E-state index contributed by atoms with van der Waals surface area (Å²) in [7, 11) is -3.89. The second-order valence-corrected chi connectivity index (χ2v) is 7.34. The lowest BCUT2D eigenvalue weighted by Gasteiger charge is -2.33. The van der Waals surface area contributed by atoms with Crippen molar-refractivity contribution in [2.75, 3.05) is 0 Å². The molecule has 1 fully saturated rings. The molecule has 1 aromatic rings. The Morgan fingerprint density at radius 3 is 2.50 bits per heavy atom. The van der Waals surface area contributed by atoms with Crippen molar-refractivity contribution in [3.63, 3.8) is 0 Å². The van der Waals surface area contributed by atoms with Crippen molar-refractivity contribution < 1.29 is 13.2 Å². The van der Waals surface area contributed by atoms with Gasteiger partial charge in [-0.25, -0.2) is 13.6 Å². The van der Waals surface area contributed by atoms with Gasteiger partial charge in [-0.1, -0.05) is 18.5 Å². The highest BCUT2D eigenvalue weighted by atomic mass is 35.5. The van der Waals surface area contributed by atoms with Gasteiger partial charge >= 0.3 is 0 Å². The quantitative estimate of drug-likeness (QED) is 0.891. The number of carbonyl (C=O) groups excluding carboxylic acids is 1. The maximum atomic E-state index is 12.2. The third kappa shape index (κ3) is 3.13. The van der Waals surface area contributed by atoms with E-state index in [0.29, 0.717) is 11.5 Å². The first kappa shape index (κ1) is 15.3. The molecule has 0 aromatic heterocycles. The van der Waals surface area contributed by atoms with Crippen LogP contribution in [0.3, 0.4) is 0 Å². The molecule has 2 rings (SSSR count). The SMILES string of the molecule is Cc1c(Cl)cc(S(N)(=O)=O)cc1C(=O)NC1CC(C)C1. The first-order valence-corrected chi connectivity index (χ1v) is 8.24. The fourth-order valence-corrected chi connectivity index (χ4v) is 3.19. The smallest absolute Gasteiger partial charge is 0.251 e. The number of carbonyl (C=O) groups is 1. The maximum Gasteiger partial charge on any atom is 0.251 e. The van der Waals surface area contributed by atoms with Crippen LogP contribution in [0, 0.1) is 12.8 Å². The topological polar surface area (TPSA) is 89.3 Å². The molecule has 0 spiro atoms. The molecule has 0 saturated heterocycles. The minimum atomic E-state index is -3.89. The van der Waals surface area contributed by atoms with Crippen LogP contribution in [-0.2, 0) is 10.0 Å². The highest BCUT2D eigenvalue weighted by Gasteiger charge is 2.28. The predicted octanol–water partition coefficient (Wildman–Crippen LogP) is 1.82. The lowest BCUT2D eigenvalue weighted by molar-refractivity contribution is 0.0895. The summed E-state index contributed by atoms with van der Waals surface area (Å²) in [6, 6.07) is 2.68. The van der Waals surface area contributed by atoms with Gasteiger partial charge in [-0.2, -0.15) is 0 Å². The number of hydrogen-bond donors (Lipinski definition) is 2. The number of nitrogens with two attached hydrogens (primary N) is 1. The average molecular weight is 317 g/mol. The molecule has 3 N–H and O–H groups in total. The average Bonchev–Trinajstić information content (AvgIpc) is 2.28. The molecule has 1 aromatic carbocycles. The summed E-state index contributed by atoms with van der Waals surface area (Å²) >= 11 is 5.98. The molecule has 0 unspecified atom stereocenters. The second-order valence-electron chi connectivity index (χ2n) is 5.37. The maximum absolute atomic E-state index is 12.2. The summed E-state index contributed by atoms with van der Waals surface area (Å²) in [4.78, 5) is 12.0. The first-order valence-electron chi connectivity index (χ1n) is 6.32. The Morgan fingerprint density at radius 2 is 2.00 bits per heavy atom. The van der Waals surface area contributed by atoms with E-state index < -0.39 is 10.0 Å². The largest absolute Gasteiger partial charge is 0.349 e. The van der Waals surface area contributed by atoms with Gasteiger partial charge in [0.25, 0.3) is 5.91 Å². The third-order valence-electron chi connectivity index (χ3n) is 3.60. The van der Waals surface area contributed by atoms with Crippen molar-refractivity contribution >= 4 is 27.5 Å². The van der Waals surface area contributed by atoms with Gasteiger partial charge in [0.2, 0.25) is 10.0 Å². The Bertz CT molecular complexity index is 652. The molecule has 1 amide bonds. The molecule has 20 heavy (non-hydrogen) atoms. The van der Waals surface area contributed by atoms with E-state index in [1.165, 1.54) is 12.1 Å². The summed E-state index contributed by atoms with van der Waals surface area (Å²) in [5, 5.41) is 8.17. The second kappa shape index (κ2) is 5.35. The van der Waals surface area contributed by atoms with E-state index in [-0.39, 0.29) is 27.4 Å². The van der Waals surface area contributed by atoms with Crippen LogP contribution in [0.4, 0.5) is 0 Å². The number of primary sulfonamides is 1. The molecule has 0 aliphatic heterocycles. The molecule has 0 radical (unpaired) electrons. The van der Waals surface area contributed by atoms with Gasteiger partial charge in [0, 0.05) is 16.6 Å². The van der Waals surface area contributed by atoms with E-state index in [1.807, 2.05) is 0 Å². The molecule has 1 aliphatic rings. The number of rotatable bonds is 3. The molecule has 1 aliphatic carbocycles. The van der Waals surface area contributed by atoms with E-state index in [4.69, 9.17) is 16.7 Å². The van der Waals surface area contributed by atoms with E-state index in [1.54, 1.807) is 6.92 Å². The number of sulfonamides is 1. The van der Waals surface area contributed by atoms with Gasteiger partial charge < -0.3 is 5.32 Å². The third-order valence-corrected chi connectivity index (χ3v) is 4.89. The predicted molar refractivity (Wildman–Crippen MR) is 77.2 cm³/mol. The van der Waals surface area contributed by atoms with Gasteiger partial charge in [-0.15, -0.1) is 0 Å². The Morgan fingerprint density at radius 1 is 1.40 bits per heavy atom. The van der Waals surface area contributed by atoms with Crippen molar-refractivity contribution in [2.45, 2.75) is 37.6 Å². The summed E-state index contributed by atoms with van der Waals surface area (Å²) in [5.41, 5.74) is 0.796. The zero-order valence-corrected chi connectivity index (χ0v) is 12.9. The summed E-state index contributed by atoms with van der Waals surface area (Å²) < 4.78 is 22.8. The van der Waals surface area contributed by atoms with Crippen LogP contribution in [0.2, 0.25) is 5.02 Å². The number of nitrogens with one attached hydrogen (secondary N) is 1. The summed E-state index contributed by atoms with van der Waals surface area (Å²) in [5.74, 6) is 0.299. The normalized spacial score (nSPS) is 22.2. The van der Waals surface area contributed by atoms with Crippen LogP contribution in [-0.4, -0.2) is 20.4 Å². The highest BCUT2D eigenvalue weighted by molar-refractivity contribution is 7.89. The van der Waals surface area contributed by atoms with E-state index in [2.05, 4.69) is 12.2 Å². The van der Waals surface area contributed by atoms with Crippen molar-refractivity contribution in [3.05, 3.63) is 28.3 Å². The Balaban J connectivity index is 2.30. The molecule has 7 heteroatoms. The van der Waals surface area contributed by atoms with Crippen molar-refractivity contribution in [1.29, 1.82) is 0 Å². The molecular formula is C13H17ClN2O3S. The zero-order valence-electron chi connectivity index (χ0n) is 11.3. The standard InChI is InChI=1S/C13H17ClN2O3S/c1-7-3-9(4-7)16-13(17)11-5-10(20(15,18)19)6-12(14)8(11)2/h5-7,9H,3-4H2,1-2H3,(H,16,17)(H2,15,18,19). The molecule has 1 saturated carbocycles. The minimum absolute atomic E-state index is 0.147. The molecule has 110 valence electrons. The molecule has 5 nitrogen and oxygen atoms in total. The first-order chi connectivity index (χ1) is 9.18. The van der Waals surface area contributed by atoms with Crippen LogP contribution >= 0.6 is 11.6 Å². The van der Waals surface area contributed by atoms with Crippen molar-refractivity contribution in [3.8, 4) is 0 Å². The number of halogens is 1. The number of amides is 1. The van der Waals surface area contributed by atoms with E-state index in [9.17, 15) is 13.2 Å². The molecule has 0 heterocycles. The fraction of sp³-hybridized carbons (Fsp3) is 0.462. The minimum Gasteiger partial charge on any atom is -0.349 e. The van der Waals surface area contributed by atoms with Crippen LogP contribution in [0.5, 0.6) is 0 Å².